The van der Waals surface area contributed by atoms with E-state index in [1.54, 1.807) is 6.20 Å². The molecule has 142 valence electrons. The fourth-order valence-electron chi connectivity index (χ4n) is 3.19. The van der Waals surface area contributed by atoms with Gasteiger partial charge in [-0.3, -0.25) is 15.0 Å². The zero-order chi connectivity index (χ0) is 19.2. The van der Waals surface area contributed by atoms with Crippen LogP contribution in [0, 0.1) is 0 Å². The quantitative estimate of drug-likeness (QED) is 0.389. The molecule has 2 aromatic carbocycles. The standard InChI is InChI=1S/C22H22N4OS/c27-22-19-10-9-17(15-20(19)25-26-22)28-18(14-16-6-2-1-3-7-16)11-13-24-21-8-4-5-12-23-21/h1-10,12,15,18H,11,13-14H2,(H,23,24)(H2,25,26,27). The van der Waals surface area contributed by atoms with Gasteiger partial charge in [-0.2, -0.15) is 0 Å². The molecule has 0 aliphatic carbocycles. The van der Waals surface area contributed by atoms with E-state index in [0.717, 1.165) is 35.6 Å². The molecule has 0 bridgehead atoms. The molecule has 2 heterocycles. The average molecular weight is 391 g/mol. The van der Waals surface area contributed by atoms with Gasteiger partial charge in [0.15, 0.2) is 0 Å². The van der Waals surface area contributed by atoms with Gasteiger partial charge in [0.2, 0.25) is 0 Å². The third kappa shape index (κ3) is 4.64. The molecule has 6 heteroatoms. The Morgan fingerprint density at radius 1 is 1.00 bits per heavy atom. The van der Waals surface area contributed by atoms with E-state index >= 15 is 0 Å². The van der Waals surface area contributed by atoms with Crippen LogP contribution in [0.5, 0.6) is 0 Å². The van der Waals surface area contributed by atoms with Crippen LogP contribution in [-0.4, -0.2) is 27.0 Å². The van der Waals surface area contributed by atoms with Gasteiger partial charge < -0.3 is 5.32 Å². The Kier molecular flexibility index (Phi) is 5.77. The molecule has 0 aliphatic heterocycles. The van der Waals surface area contributed by atoms with Gasteiger partial charge in [-0.05, 0) is 48.7 Å². The lowest BCUT2D eigenvalue weighted by atomic mass is 10.1. The van der Waals surface area contributed by atoms with Crippen LogP contribution >= 0.6 is 11.8 Å². The number of nitrogens with zero attached hydrogens (tertiary/aromatic N) is 1. The molecule has 0 saturated heterocycles. The molecule has 28 heavy (non-hydrogen) atoms. The first kappa shape index (κ1) is 18.4. The molecule has 3 N–H and O–H groups in total. The predicted octanol–water partition coefficient (Wildman–Crippen LogP) is 4.46. The smallest absolute Gasteiger partial charge is 0.271 e. The molecule has 0 fully saturated rings. The Morgan fingerprint density at radius 3 is 2.68 bits per heavy atom. The lowest BCUT2D eigenvalue weighted by molar-refractivity contribution is 0.780. The zero-order valence-corrected chi connectivity index (χ0v) is 16.2. The van der Waals surface area contributed by atoms with Gasteiger partial charge in [-0.25, -0.2) is 4.98 Å². The second-order valence-electron chi connectivity index (χ2n) is 6.65. The van der Waals surface area contributed by atoms with E-state index in [9.17, 15) is 4.79 Å². The predicted molar refractivity (Wildman–Crippen MR) is 116 cm³/mol. The van der Waals surface area contributed by atoms with Crippen LogP contribution < -0.4 is 10.9 Å². The van der Waals surface area contributed by atoms with E-state index in [1.807, 2.05) is 54.2 Å². The van der Waals surface area contributed by atoms with Crippen molar-refractivity contribution in [1.29, 1.82) is 0 Å². The fraction of sp³-hybridized carbons (Fsp3) is 0.182. The third-order valence-corrected chi connectivity index (χ3v) is 5.85. The number of hydrogen-bond donors (Lipinski definition) is 3. The summed E-state index contributed by atoms with van der Waals surface area (Å²) in [4.78, 5) is 17.2. The van der Waals surface area contributed by atoms with Crippen molar-refractivity contribution in [2.24, 2.45) is 0 Å². The van der Waals surface area contributed by atoms with E-state index in [2.05, 4.69) is 44.8 Å². The van der Waals surface area contributed by atoms with Gasteiger partial charge in [0.25, 0.3) is 5.56 Å². The van der Waals surface area contributed by atoms with Gasteiger partial charge in [0.05, 0.1) is 10.9 Å². The van der Waals surface area contributed by atoms with Crippen molar-refractivity contribution in [2.45, 2.75) is 23.0 Å². The molecule has 5 nitrogen and oxygen atoms in total. The summed E-state index contributed by atoms with van der Waals surface area (Å²) in [5, 5.41) is 10.1. The van der Waals surface area contributed by atoms with Crippen LogP contribution in [-0.2, 0) is 6.42 Å². The summed E-state index contributed by atoms with van der Waals surface area (Å²) in [5.41, 5.74) is 2.10. The van der Waals surface area contributed by atoms with E-state index in [4.69, 9.17) is 0 Å². The number of anilines is 1. The molecule has 0 saturated carbocycles. The Balaban J connectivity index is 1.46. The molecule has 4 rings (SSSR count). The third-order valence-electron chi connectivity index (χ3n) is 4.59. The Morgan fingerprint density at radius 2 is 1.86 bits per heavy atom. The second kappa shape index (κ2) is 8.80. The van der Waals surface area contributed by atoms with Gasteiger partial charge >= 0.3 is 0 Å². The minimum atomic E-state index is -0.0769. The number of rotatable bonds is 8. The molecule has 4 aromatic rings. The number of aromatic nitrogens is 3. The molecule has 0 radical (unpaired) electrons. The van der Waals surface area contributed by atoms with Crippen molar-refractivity contribution in [2.75, 3.05) is 11.9 Å². The summed E-state index contributed by atoms with van der Waals surface area (Å²) in [6.45, 7) is 0.852. The first-order valence-corrected chi connectivity index (χ1v) is 10.2. The van der Waals surface area contributed by atoms with Crippen LogP contribution in [0.25, 0.3) is 10.9 Å². The number of pyridine rings is 1. The molecule has 1 unspecified atom stereocenters. The van der Waals surface area contributed by atoms with Gasteiger partial charge in [0, 0.05) is 22.9 Å². The van der Waals surface area contributed by atoms with Crippen LogP contribution in [0.3, 0.4) is 0 Å². The lowest BCUT2D eigenvalue weighted by Gasteiger charge is -2.17. The van der Waals surface area contributed by atoms with Crippen LogP contribution in [0.2, 0.25) is 0 Å². The summed E-state index contributed by atoms with van der Waals surface area (Å²) in [5.74, 6) is 0.900. The van der Waals surface area contributed by atoms with Crippen LogP contribution in [0.15, 0.2) is 82.6 Å². The maximum atomic E-state index is 11.7. The fourth-order valence-corrected chi connectivity index (χ4v) is 4.42. The number of benzene rings is 2. The van der Waals surface area contributed by atoms with Crippen LogP contribution in [0.1, 0.15) is 12.0 Å². The van der Waals surface area contributed by atoms with Gasteiger partial charge in [-0.15, -0.1) is 11.8 Å². The zero-order valence-electron chi connectivity index (χ0n) is 15.4. The van der Waals surface area contributed by atoms with Crippen molar-refractivity contribution < 1.29 is 0 Å². The highest BCUT2D eigenvalue weighted by Gasteiger charge is 2.13. The number of thioether (sulfide) groups is 1. The summed E-state index contributed by atoms with van der Waals surface area (Å²) in [6, 6.07) is 22.4. The van der Waals surface area contributed by atoms with Crippen molar-refractivity contribution in [3.63, 3.8) is 0 Å². The minimum Gasteiger partial charge on any atom is -0.370 e. The molecule has 2 aromatic heterocycles. The van der Waals surface area contributed by atoms with E-state index in [1.165, 1.54) is 5.56 Å². The van der Waals surface area contributed by atoms with Crippen LogP contribution in [0.4, 0.5) is 5.82 Å². The van der Waals surface area contributed by atoms with E-state index in [0.29, 0.717) is 10.6 Å². The summed E-state index contributed by atoms with van der Waals surface area (Å²) >= 11 is 1.85. The second-order valence-corrected chi connectivity index (χ2v) is 8.02. The molecule has 0 amide bonds. The summed E-state index contributed by atoms with van der Waals surface area (Å²) in [7, 11) is 0. The normalized spacial score (nSPS) is 12.1. The molecular formula is C22H22N4OS. The first-order valence-electron chi connectivity index (χ1n) is 9.34. The SMILES string of the molecule is O=c1[nH][nH]c2cc(SC(CCNc3ccccn3)Cc3ccccc3)ccc12. The molecular weight excluding hydrogens is 368 g/mol. The summed E-state index contributed by atoms with van der Waals surface area (Å²) < 4.78 is 0. The van der Waals surface area contributed by atoms with Crippen molar-refractivity contribution in [3.05, 3.63) is 88.8 Å². The number of H-pyrrole nitrogens is 2. The van der Waals surface area contributed by atoms with E-state index < -0.39 is 0 Å². The summed E-state index contributed by atoms with van der Waals surface area (Å²) in [6.07, 6.45) is 3.78. The van der Waals surface area contributed by atoms with E-state index in [-0.39, 0.29) is 5.56 Å². The highest BCUT2D eigenvalue weighted by molar-refractivity contribution is 8.00. The van der Waals surface area contributed by atoms with Crippen molar-refractivity contribution in [3.8, 4) is 0 Å². The number of fused-ring (bicyclic) bond motifs is 1. The minimum absolute atomic E-state index is 0.0769. The van der Waals surface area contributed by atoms with Crippen molar-refractivity contribution >= 4 is 28.5 Å². The highest BCUT2D eigenvalue weighted by atomic mass is 32.2. The first-order chi connectivity index (χ1) is 13.8. The molecule has 0 aliphatic rings. The number of aromatic amines is 2. The number of nitrogens with one attached hydrogen (secondary N) is 3. The topological polar surface area (TPSA) is 73.6 Å². The Labute approximate surface area is 167 Å². The molecule has 1 atom stereocenters. The maximum Gasteiger partial charge on any atom is 0.271 e. The van der Waals surface area contributed by atoms with Gasteiger partial charge in [0.1, 0.15) is 5.82 Å². The largest absolute Gasteiger partial charge is 0.370 e. The average Bonchev–Trinajstić information content (AvgIpc) is 3.10. The lowest BCUT2D eigenvalue weighted by Crippen LogP contribution is -2.14. The Bertz CT molecular complexity index is 1080. The van der Waals surface area contributed by atoms with Crippen molar-refractivity contribution in [1.82, 2.24) is 15.2 Å². The highest BCUT2D eigenvalue weighted by Crippen LogP contribution is 2.29. The Hall–Kier alpha value is -2.99. The molecule has 0 spiro atoms. The monoisotopic (exact) mass is 390 g/mol. The number of hydrogen-bond acceptors (Lipinski definition) is 4. The maximum absolute atomic E-state index is 11.7. The van der Waals surface area contributed by atoms with Gasteiger partial charge in [-0.1, -0.05) is 36.4 Å².